The van der Waals surface area contributed by atoms with Crippen LogP contribution in [0.15, 0.2) is 24.3 Å². The van der Waals surface area contributed by atoms with Crippen LogP contribution < -0.4 is 15.2 Å². The lowest BCUT2D eigenvalue weighted by molar-refractivity contribution is 0.132. The van der Waals surface area contributed by atoms with Crippen molar-refractivity contribution in [3.63, 3.8) is 0 Å². The number of nitrogens with two attached hydrogens (primary N) is 1. The molecule has 16 heavy (non-hydrogen) atoms. The zero-order chi connectivity index (χ0) is 11.4. The number of benzene rings is 1. The van der Waals surface area contributed by atoms with Gasteiger partial charge >= 0.3 is 0 Å². The lowest BCUT2D eigenvalue weighted by Gasteiger charge is -2.29. The molecule has 2 N–H and O–H groups in total. The highest BCUT2D eigenvalue weighted by Crippen LogP contribution is 2.25. The molecule has 2 unspecified atom stereocenters. The number of methoxy groups -OCH3 is 1. The van der Waals surface area contributed by atoms with E-state index < -0.39 is 0 Å². The fraction of sp³-hybridized carbons (Fsp3) is 0.538. The summed E-state index contributed by atoms with van der Waals surface area (Å²) in [6, 6.07) is 7.86. The van der Waals surface area contributed by atoms with Gasteiger partial charge in [0.1, 0.15) is 17.6 Å². The molecule has 0 aliphatic heterocycles. The molecule has 0 heterocycles. The Morgan fingerprint density at radius 1 is 1.19 bits per heavy atom. The average Bonchev–Trinajstić information content (AvgIpc) is 2.32. The first-order chi connectivity index (χ1) is 7.79. The molecule has 1 fully saturated rings. The quantitative estimate of drug-likeness (QED) is 0.852. The zero-order valence-corrected chi connectivity index (χ0v) is 9.69. The summed E-state index contributed by atoms with van der Waals surface area (Å²) < 4.78 is 11.1. The van der Waals surface area contributed by atoms with Crippen LogP contribution in [0, 0.1) is 0 Å². The number of rotatable bonds is 3. The summed E-state index contributed by atoms with van der Waals surface area (Å²) in [6.45, 7) is 0. The molecule has 88 valence electrons. The van der Waals surface area contributed by atoms with Crippen molar-refractivity contribution >= 4 is 0 Å². The Balaban J connectivity index is 2.01. The van der Waals surface area contributed by atoms with E-state index in [1.807, 2.05) is 24.3 Å². The van der Waals surface area contributed by atoms with Crippen molar-refractivity contribution in [2.45, 2.75) is 37.8 Å². The highest BCUT2D eigenvalue weighted by Gasteiger charge is 2.23. The second-order valence-corrected chi connectivity index (χ2v) is 4.28. The van der Waals surface area contributed by atoms with Crippen molar-refractivity contribution in [1.29, 1.82) is 0 Å². The minimum Gasteiger partial charge on any atom is -0.497 e. The standard InChI is InChI=1S/C13H19NO2/c1-15-10-5-4-6-11(9-10)16-13-8-3-2-7-12(13)14/h4-6,9,12-13H,2-3,7-8,14H2,1H3. The monoisotopic (exact) mass is 221 g/mol. The second kappa shape index (κ2) is 5.21. The maximum atomic E-state index is 6.04. The molecule has 0 aromatic heterocycles. The van der Waals surface area contributed by atoms with E-state index in [0.717, 1.165) is 24.3 Å². The van der Waals surface area contributed by atoms with Gasteiger partial charge in [-0.1, -0.05) is 12.5 Å². The summed E-state index contributed by atoms with van der Waals surface area (Å²) in [4.78, 5) is 0. The lowest BCUT2D eigenvalue weighted by atomic mass is 9.93. The van der Waals surface area contributed by atoms with Gasteiger partial charge in [0.15, 0.2) is 0 Å². The van der Waals surface area contributed by atoms with Crippen molar-refractivity contribution in [2.75, 3.05) is 7.11 Å². The summed E-state index contributed by atoms with van der Waals surface area (Å²) in [5.41, 5.74) is 6.04. The second-order valence-electron chi connectivity index (χ2n) is 4.28. The van der Waals surface area contributed by atoms with E-state index in [0.29, 0.717) is 0 Å². The molecule has 3 heteroatoms. The minimum absolute atomic E-state index is 0.154. The lowest BCUT2D eigenvalue weighted by Crippen LogP contribution is -2.41. The van der Waals surface area contributed by atoms with Crippen LogP contribution in [0.5, 0.6) is 11.5 Å². The van der Waals surface area contributed by atoms with Crippen LogP contribution in [-0.4, -0.2) is 19.3 Å². The van der Waals surface area contributed by atoms with Gasteiger partial charge in [-0.05, 0) is 31.4 Å². The van der Waals surface area contributed by atoms with Crippen molar-refractivity contribution in [3.05, 3.63) is 24.3 Å². The zero-order valence-electron chi connectivity index (χ0n) is 9.69. The largest absolute Gasteiger partial charge is 0.497 e. The van der Waals surface area contributed by atoms with Gasteiger partial charge in [0, 0.05) is 12.1 Å². The molecule has 1 saturated carbocycles. The Morgan fingerprint density at radius 2 is 1.94 bits per heavy atom. The van der Waals surface area contributed by atoms with Crippen LogP contribution in [0.1, 0.15) is 25.7 Å². The van der Waals surface area contributed by atoms with Gasteiger partial charge in [0.2, 0.25) is 0 Å². The van der Waals surface area contributed by atoms with Crippen molar-refractivity contribution < 1.29 is 9.47 Å². The van der Waals surface area contributed by atoms with Crippen LogP contribution >= 0.6 is 0 Å². The molecule has 2 rings (SSSR count). The molecule has 2 atom stereocenters. The first kappa shape index (κ1) is 11.3. The Hall–Kier alpha value is -1.22. The summed E-state index contributed by atoms with van der Waals surface area (Å²) in [7, 11) is 1.66. The van der Waals surface area contributed by atoms with Crippen LogP contribution in [-0.2, 0) is 0 Å². The topological polar surface area (TPSA) is 44.5 Å². The molecule has 3 nitrogen and oxygen atoms in total. The molecule has 1 aliphatic carbocycles. The summed E-state index contributed by atoms with van der Waals surface area (Å²) >= 11 is 0. The Kier molecular flexibility index (Phi) is 3.67. The molecular weight excluding hydrogens is 202 g/mol. The van der Waals surface area contributed by atoms with Crippen LogP contribution in [0.2, 0.25) is 0 Å². The highest BCUT2D eigenvalue weighted by atomic mass is 16.5. The Morgan fingerprint density at radius 3 is 2.69 bits per heavy atom. The van der Waals surface area contributed by atoms with E-state index in [9.17, 15) is 0 Å². The minimum atomic E-state index is 0.154. The summed E-state index contributed by atoms with van der Waals surface area (Å²) in [5.74, 6) is 1.67. The first-order valence-electron chi connectivity index (χ1n) is 5.86. The van der Waals surface area contributed by atoms with E-state index in [-0.39, 0.29) is 12.1 Å². The molecule has 0 bridgehead atoms. The fourth-order valence-corrected chi connectivity index (χ4v) is 2.12. The predicted octanol–water partition coefficient (Wildman–Crippen LogP) is 2.34. The smallest absolute Gasteiger partial charge is 0.123 e. The number of hydrogen-bond acceptors (Lipinski definition) is 3. The van der Waals surface area contributed by atoms with Gasteiger partial charge < -0.3 is 15.2 Å². The van der Waals surface area contributed by atoms with Gasteiger partial charge in [-0.25, -0.2) is 0 Å². The highest BCUT2D eigenvalue weighted by molar-refractivity contribution is 5.33. The third-order valence-electron chi connectivity index (χ3n) is 3.08. The first-order valence-corrected chi connectivity index (χ1v) is 5.86. The molecule has 0 amide bonds. The molecule has 0 spiro atoms. The maximum Gasteiger partial charge on any atom is 0.123 e. The van der Waals surface area contributed by atoms with E-state index >= 15 is 0 Å². The molecular formula is C13H19NO2. The van der Waals surface area contributed by atoms with E-state index in [1.165, 1.54) is 12.8 Å². The van der Waals surface area contributed by atoms with Crippen LogP contribution in [0.4, 0.5) is 0 Å². The third-order valence-corrected chi connectivity index (χ3v) is 3.08. The van der Waals surface area contributed by atoms with Gasteiger partial charge in [0.25, 0.3) is 0 Å². The maximum absolute atomic E-state index is 6.04. The van der Waals surface area contributed by atoms with Gasteiger partial charge in [-0.2, -0.15) is 0 Å². The number of hydrogen-bond donors (Lipinski definition) is 1. The van der Waals surface area contributed by atoms with Crippen molar-refractivity contribution in [2.24, 2.45) is 5.73 Å². The van der Waals surface area contributed by atoms with E-state index in [2.05, 4.69) is 0 Å². The number of ether oxygens (including phenoxy) is 2. The summed E-state index contributed by atoms with van der Waals surface area (Å²) in [6.07, 6.45) is 4.70. The average molecular weight is 221 g/mol. The van der Waals surface area contributed by atoms with Gasteiger partial charge in [0.05, 0.1) is 7.11 Å². The Bertz CT molecular complexity index is 340. The summed E-state index contributed by atoms with van der Waals surface area (Å²) in [5, 5.41) is 0. The van der Waals surface area contributed by atoms with Crippen molar-refractivity contribution in [1.82, 2.24) is 0 Å². The van der Waals surface area contributed by atoms with Crippen LogP contribution in [0.3, 0.4) is 0 Å². The van der Waals surface area contributed by atoms with Gasteiger partial charge in [-0.15, -0.1) is 0 Å². The molecule has 0 radical (unpaired) electrons. The Labute approximate surface area is 96.5 Å². The molecule has 1 aromatic rings. The van der Waals surface area contributed by atoms with E-state index in [4.69, 9.17) is 15.2 Å². The molecule has 0 saturated heterocycles. The molecule has 1 aliphatic rings. The molecule has 1 aromatic carbocycles. The van der Waals surface area contributed by atoms with Gasteiger partial charge in [-0.3, -0.25) is 0 Å². The van der Waals surface area contributed by atoms with E-state index in [1.54, 1.807) is 7.11 Å². The fourth-order valence-electron chi connectivity index (χ4n) is 2.12. The van der Waals surface area contributed by atoms with Crippen LogP contribution in [0.25, 0.3) is 0 Å². The SMILES string of the molecule is COc1cccc(OC2CCCCC2N)c1. The normalized spacial score (nSPS) is 25.1. The van der Waals surface area contributed by atoms with Crippen molar-refractivity contribution in [3.8, 4) is 11.5 Å². The predicted molar refractivity (Wildman–Crippen MR) is 63.9 cm³/mol. The third kappa shape index (κ3) is 2.67.